The number of carbonyl (C=O) groups excluding carboxylic acids is 1. The third-order valence-electron chi connectivity index (χ3n) is 2.83. The van der Waals surface area contributed by atoms with E-state index in [9.17, 15) is 4.79 Å². The summed E-state index contributed by atoms with van der Waals surface area (Å²) in [6.45, 7) is 1.97. The molecule has 0 aliphatic rings. The van der Waals surface area contributed by atoms with Crippen LogP contribution in [-0.2, 0) is 11.2 Å². The molecule has 0 aliphatic heterocycles. The van der Waals surface area contributed by atoms with E-state index in [0.717, 1.165) is 21.4 Å². The molecular weight excluding hydrogens is 306 g/mol. The quantitative estimate of drug-likeness (QED) is 0.806. The number of aryl methyl sites for hydroxylation is 1. The third-order valence-corrected chi connectivity index (χ3v) is 3.33. The summed E-state index contributed by atoms with van der Waals surface area (Å²) in [6, 6.07) is 11.5. The Hall–Kier alpha value is -1.68. The van der Waals surface area contributed by atoms with Crippen LogP contribution in [0.4, 0.5) is 0 Å². The minimum absolute atomic E-state index is 0.342. The molecule has 0 unspecified atom stereocenters. The van der Waals surface area contributed by atoms with Gasteiger partial charge in [-0.2, -0.15) is 0 Å². The molecule has 98 valence electrons. The van der Waals surface area contributed by atoms with Gasteiger partial charge in [-0.15, -0.1) is 0 Å². The van der Waals surface area contributed by atoms with Crippen LogP contribution < -0.4 is 0 Å². The molecule has 0 aliphatic carbocycles. The highest BCUT2D eigenvalue weighted by Gasteiger charge is 2.13. The van der Waals surface area contributed by atoms with E-state index < -0.39 is 0 Å². The molecule has 0 saturated heterocycles. The Balaban J connectivity index is 2.47. The highest BCUT2D eigenvalue weighted by Crippen LogP contribution is 2.23. The van der Waals surface area contributed by atoms with Crippen LogP contribution in [0.1, 0.15) is 23.0 Å². The van der Waals surface area contributed by atoms with Crippen LogP contribution in [0.2, 0.25) is 0 Å². The summed E-state index contributed by atoms with van der Waals surface area (Å²) >= 11 is 3.44. The number of hydrogen-bond donors (Lipinski definition) is 0. The van der Waals surface area contributed by atoms with Crippen molar-refractivity contribution in [1.29, 1.82) is 0 Å². The number of esters is 1. The van der Waals surface area contributed by atoms with Gasteiger partial charge >= 0.3 is 5.97 Å². The first-order valence-electron chi connectivity index (χ1n) is 6.00. The maximum Gasteiger partial charge on any atom is 0.339 e. The normalized spacial score (nSPS) is 10.3. The summed E-state index contributed by atoms with van der Waals surface area (Å²) in [4.78, 5) is 16.2. The van der Waals surface area contributed by atoms with E-state index in [-0.39, 0.29) is 5.97 Å². The number of pyridine rings is 1. The van der Waals surface area contributed by atoms with E-state index in [2.05, 4.69) is 20.9 Å². The van der Waals surface area contributed by atoms with Gasteiger partial charge in [-0.05, 0) is 30.7 Å². The van der Waals surface area contributed by atoms with Gasteiger partial charge in [0, 0.05) is 10.0 Å². The zero-order valence-electron chi connectivity index (χ0n) is 10.8. The van der Waals surface area contributed by atoms with Crippen molar-refractivity contribution >= 4 is 21.9 Å². The van der Waals surface area contributed by atoms with Crippen molar-refractivity contribution in [3.8, 4) is 11.3 Å². The maximum absolute atomic E-state index is 11.6. The highest BCUT2D eigenvalue weighted by atomic mass is 79.9. The molecule has 2 rings (SSSR count). The molecule has 1 aromatic carbocycles. The first kappa shape index (κ1) is 13.7. The fourth-order valence-electron chi connectivity index (χ4n) is 1.88. The van der Waals surface area contributed by atoms with E-state index in [1.807, 2.05) is 37.3 Å². The summed E-state index contributed by atoms with van der Waals surface area (Å²) in [7, 11) is 1.38. The highest BCUT2D eigenvalue weighted by molar-refractivity contribution is 9.10. The van der Waals surface area contributed by atoms with Gasteiger partial charge in [0.15, 0.2) is 0 Å². The van der Waals surface area contributed by atoms with Gasteiger partial charge in [-0.3, -0.25) is 4.98 Å². The summed E-state index contributed by atoms with van der Waals surface area (Å²) in [5.41, 5.74) is 3.15. The van der Waals surface area contributed by atoms with Gasteiger partial charge in [-0.1, -0.05) is 35.0 Å². The topological polar surface area (TPSA) is 39.2 Å². The lowest BCUT2D eigenvalue weighted by Gasteiger charge is -2.08. The molecular formula is C15H14BrNO2. The Morgan fingerprint density at radius 1 is 1.32 bits per heavy atom. The first-order chi connectivity index (χ1) is 9.15. The lowest BCUT2D eigenvalue weighted by Crippen LogP contribution is -2.07. The number of halogens is 1. The van der Waals surface area contributed by atoms with Crippen molar-refractivity contribution in [2.75, 3.05) is 7.11 Å². The molecule has 0 amide bonds. The number of nitrogens with zero attached hydrogens (tertiary/aromatic N) is 1. The molecule has 4 heteroatoms. The van der Waals surface area contributed by atoms with Crippen LogP contribution in [0.3, 0.4) is 0 Å². The van der Waals surface area contributed by atoms with Crippen LogP contribution in [0.15, 0.2) is 40.9 Å². The van der Waals surface area contributed by atoms with Crippen molar-refractivity contribution in [1.82, 2.24) is 4.98 Å². The van der Waals surface area contributed by atoms with Crippen molar-refractivity contribution in [3.63, 3.8) is 0 Å². The van der Waals surface area contributed by atoms with Crippen LogP contribution in [0.25, 0.3) is 11.3 Å². The summed E-state index contributed by atoms with van der Waals surface area (Å²) < 4.78 is 5.76. The van der Waals surface area contributed by atoms with Crippen LogP contribution in [0, 0.1) is 0 Å². The Morgan fingerprint density at radius 3 is 2.74 bits per heavy atom. The minimum Gasteiger partial charge on any atom is -0.465 e. The largest absolute Gasteiger partial charge is 0.465 e. The summed E-state index contributed by atoms with van der Waals surface area (Å²) in [6.07, 6.45) is 0.687. The molecule has 0 bridgehead atoms. The van der Waals surface area contributed by atoms with Crippen LogP contribution in [0.5, 0.6) is 0 Å². The molecule has 0 N–H and O–H groups in total. The van der Waals surface area contributed by atoms with Gasteiger partial charge < -0.3 is 4.74 Å². The van der Waals surface area contributed by atoms with Gasteiger partial charge in [0.25, 0.3) is 0 Å². The Labute approximate surface area is 120 Å². The lowest BCUT2D eigenvalue weighted by atomic mass is 10.1. The van der Waals surface area contributed by atoms with Crippen molar-refractivity contribution in [3.05, 3.63) is 52.1 Å². The number of rotatable bonds is 3. The standard InChI is InChI=1S/C15H14BrNO2/c1-3-13-12(15(18)19-2)7-8-14(17-13)10-5-4-6-11(16)9-10/h4-9H,3H2,1-2H3. The van der Waals surface area contributed by atoms with E-state index >= 15 is 0 Å². The number of carbonyl (C=O) groups is 1. The second kappa shape index (κ2) is 5.97. The number of aromatic nitrogens is 1. The molecule has 0 fully saturated rings. The monoisotopic (exact) mass is 319 g/mol. The van der Waals surface area contributed by atoms with Crippen molar-refractivity contribution in [2.45, 2.75) is 13.3 Å². The fraction of sp³-hybridized carbons (Fsp3) is 0.200. The Bertz CT molecular complexity index is 611. The Morgan fingerprint density at radius 2 is 2.11 bits per heavy atom. The predicted octanol–water partition coefficient (Wildman–Crippen LogP) is 3.86. The molecule has 0 saturated carbocycles. The lowest BCUT2D eigenvalue weighted by molar-refractivity contribution is 0.0599. The summed E-state index contributed by atoms with van der Waals surface area (Å²) in [5, 5.41) is 0. The van der Waals surface area contributed by atoms with Crippen molar-refractivity contribution in [2.24, 2.45) is 0 Å². The molecule has 0 atom stereocenters. The number of methoxy groups -OCH3 is 1. The van der Waals surface area contributed by atoms with Gasteiger partial charge in [0.2, 0.25) is 0 Å². The summed E-state index contributed by atoms with van der Waals surface area (Å²) in [5.74, 6) is -0.342. The van der Waals surface area contributed by atoms with Gasteiger partial charge in [0.05, 0.1) is 24.1 Å². The van der Waals surface area contributed by atoms with Crippen LogP contribution >= 0.6 is 15.9 Å². The van der Waals surface area contributed by atoms with E-state index in [1.165, 1.54) is 7.11 Å². The second-order valence-electron chi connectivity index (χ2n) is 4.05. The molecule has 1 aromatic heterocycles. The van der Waals surface area contributed by atoms with Gasteiger partial charge in [-0.25, -0.2) is 4.79 Å². The SMILES string of the molecule is CCc1nc(-c2cccc(Br)c2)ccc1C(=O)OC. The Kier molecular flexibility index (Phi) is 4.32. The molecule has 1 heterocycles. The van der Waals surface area contributed by atoms with Crippen molar-refractivity contribution < 1.29 is 9.53 Å². The smallest absolute Gasteiger partial charge is 0.339 e. The first-order valence-corrected chi connectivity index (χ1v) is 6.79. The predicted molar refractivity (Wildman–Crippen MR) is 78.1 cm³/mol. The fourth-order valence-corrected chi connectivity index (χ4v) is 2.27. The zero-order chi connectivity index (χ0) is 13.8. The number of benzene rings is 1. The molecule has 0 spiro atoms. The second-order valence-corrected chi connectivity index (χ2v) is 4.96. The van der Waals surface area contributed by atoms with Crippen LogP contribution in [-0.4, -0.2) is 18.1 Å². The third kappa shape index (κ3) is 3.01. The minimum atomic E-state index is -0.342. The average molecular weight is 320 g/mol. The van der Waals surface area contributed by atoms with E-state index in [4.69, 9.17) is 4.74 Å². The molecule has 19 heavy (non-hydrogen) atoms. The van der Waals surface area contributed by atoms with E-state index in [1.54, 1.807) is 6.07 Å². The average Bonchev–Trinajstić information content (AvgIpc) is 2.45. The molecule has 0 radical (unpaired) electrons. The number of ether oxygens (including phenoxy) is 1. The maximum atomic E-state index is 11.6. The number of hydrogen-bond acceptors (Lipinski definition) is 3. The zero-order valence-corrected chi connectivity index (χ0v) is 12.4. The van der Waals surface area contributed by atoms with E-state index in [0.29, 0.717) is 12.0 Å². The molecule has 3 nitrogen and oxygen atoms in total. The molecule has 2 aromatic rings. The van der Waals surface area contributed by atoms with Gasteiger partial charge in [0.1, 0.15) is 0 Å².